The van der Waals surface area contributed by atoms with Crippen molar-refractivity contribution in [3.63, 3.8) is 0 Å². The van der Waals surface area contributed by atoms with Crippen LogP contribution in [0.1, 0.15) is 60.0 Å². The topological polar surface area (TPSA) is 24.9 Å². The maximum Gasteiger partial charge on any atom is 0.0961 e. The molecule has 0 amide bonds. The zero-order valence-corrected chi connectivity index (χ0v) is 12.2. The van der Waals surface area contributed by atoms with Crippen LogP contribution in [0.25, 0.3) is 0 Å². The molecule has 0 radical (unpaired) electrons. The molecule has 0 bridgehead atoms. The number of nitrogens with one attached hydrogen (secondary N) is 1. The molecule has 18 heavy (non-hydrogen) atoms. The third-order valence-corrected chi connectivity index (χ3v) is 5.83. The van der Waals surface area contributed by atoms with E-state index in [2.05, 4.69) is 12.2 Å². The van der Waals surface area contributed by atoms with E-state index in [0.717, 1.165) is 11.8 Å². The fraction of sp³-hybridized carbons (Fsp3) is 0.800. The molecule has 1 saturated heterocycles. The lowest BCUT2D eigenvalue weighted by atomic mass is 9.95. The molecule has 1 atom stereocenters. The highest BCUT2D eigenvalue weighted by atomic mass is 32.1. The highest BCUT2D eigenvalue weighted by molar-refractivity contribution is 7.11. The number of nitrogens with zero attached hydrogens (tertiary/aromatic N) is 1. The number of thiazole rings is 1. The Morgan fingerprint density at radius 2 is 2.06 bits per heavy atom. The Morgan fingerprint density at radius 3 is 2.78 bits per heavy atom. The molecule has 2 fully saturated rings. The summed E-state index contributed by atoms with van der Waals surface area (Å²) in [5.74, 6) is 1.63. The summed E-state index contributed by atoms with van der Waals surface area (Å²) in [5, 5.41) is 4.95. The van der Waals surface area contributed by atoms with Gasteiger partial charge in [0.2, 0.25) is 0 Å². The highest BCUT2D eigenvalue weighted by Gasteiger charge is 2.23. The van der Waals surface area contributed by atoms with Gasteiger partial charge >= 0.3 is 0 Å². The van der Waals surface area contributed by atoms with Crippen LogP contribution < -0.4 is 5.32 Å². The van der Waals surface area contributed by atoms with Crippen LogP contribution in [-0.4, -0.2) is 18.1 Å². The Kier molecular flexibility index (Phi) is 4.00. The van der Waals surface area contributed by atoms with Gasteiger partial charge in [-0.15, -0.1) is 11.3 Å². The summed E-state index contributed by atoms with van der Waals surface area (Å²) in [6.07, 6.45) is 9.55. The van der Waals surface area contributed by atoms with Crippen molar-refractivity contribution >= 4 is 11.3 Å². The highest BCUT2D eigenvalue weighted by Crippen LogP contribution is 2.37. The van der Waals surface area contributed by atoms with Crippen molar-refractivity contribution in [3.8, 4) is 0 Å². The summed E-state index contributed by atoms with van der Waals surface area (Å²) in [6, 6.07) is 0. The zero-order chi connectivity index (χ0) is 12.4. The number of aryl methyl sites for hydroxylation is 1. The van der Waals surface area contributed by atoms with Gasteiger partial charge in [0.05, 0.1) is 10.7 Å². The van der Waals surface area contributed by atoms with Crippen LogP contribution in [-0.2, 0) is 6.42 Å². The predicted octanol–water partition coefficient (Wildman–Crippen LogP) is 3.65. The fourth-order valence-corrected chi connectivity index (χ4v) is 4.70. The second-order valence-corrected chi connectivity index (χ2v) is 7.07. The van der Waals surface area contributed by atoms with Crippen molar-refractivity contribution in [2.75, 3.05) is 13.1 Å². The van der Waals surface area contributed by atoms with Crippen LogP contribution in [0.2, 0.25) is 0 Å². The number of aromatic nitrogens is 1. The smallest absolute Gasteiger partial charge is 0.0961 e. The van der Waals surface area contributed by atoms with Crippen LogP contribution in [0.5, 0.6) is 0 Å². The number of hydrogen-bond donors (Lipinski definition) is 1. The Morgan fingerprint density at radius 1 is 1.22 bits per heavy atom. The summed E-state index contributed by atoms with van der Waals surface area (Å²) in [4.78, 5) is 6.42. The first-order chi connectivity index (χ1) is 8.83. The molecule has 1 aliphatic heterocycles. The van der Waals surface area contributed by atoms with Gasteiger partial charge in [-0.3, -0.25) is 0 Å². The zero-order valence-electron chi connectivity index (χ0n) is 11.4. The van der Waals surface area contributed by atoms with Crippen LogP contribution in [0.15, 0.2) is 0 Å². The van der Waals surface area contributed by atoms with Crippen LogP contribution in [0.4, 0.5) is 0 Å². The Bertz CT molecular complexity index is 387. The molecule has 2 aliphatic rings. The lowest BCUT2D eigenvalue weighted by Crippen LogP contribution is -2.30. The van der Waals surface area contributed by atoms with Crippen LogP contribution in [0.3, 0.4) is 0 Å². The van der Waals surface area contributed by atoms with Gasteiger partial charge in [0.15, 0.2) is 0 Å². The summed E-state index contributed by atoms with van der Waals surface area (Å²) in [5.41, 5.74) is 1.31. The van der Waals surface area contributed by atoms with E-state index in [9.17, 15) is 0 Å². The summed E-state index contributed by atoms with van der Waals surface area (Å²) in [6.45, 7) is 4.63. The summed E-state index contributed by atoms with van der Waals surface area (Å²) < 4.78 is 0. The van der Waals surface area contributed by atoms with Crippen molar-refractivity contribution in [1.82, 2.24) is 10.3 Å². The lowest BCUT2D eigenvalue weighted by molar-refractivity contribution is 0.377. The molecule has 0 aromatic carbocycles. The number of rotatable bonds is 3. The SMILES string of the molecule is Cc1nc(C2CCCC2)sc1CC1CCCNC1. The average molecular weight is 264 g/mol. The molecule has 100 valence electrons. The molecule has 3 heteroatoms. The molecule has 2 nitrogen and oxygen atoms in total. The van der Waals surface area contributed by atoms with Gasteiger partial charge in [-0.25, -0.2) is 4.98 Å². The second kappa shape index (κ2) is 5.70. The standard InChI is InChI=1S/C15H24N2S/c1-11-14(9-12-5-4-8-16-10-12)18-15(17-11)13-6-2-3-7-13/h12-13,16H,2-10H2,1H3. The normalized spacial score (nSPS) is 25.7. The lowest BCUT2D eigenvalue weighted by Gasteiger charge is -2.22. The largest absolute Gasteiger partial charge is 0.316 e. The molecular weight excluding hydrogens is 240 g/mol. The van der Waals surface area contributed by atoms with E-state index >= 15 is 0 Å². The Hall–Kier alpha value is -0.410. The van der Waals surface area contributed by atoms with E-state index in [0.29, 0.717) is 0 Å². The van der Waals surface area contributed by atoms with Gasteiger partial charge in [0, 0.05) is 10.8 Å². The first-order valence-electron chi connectivity index (χ1n) is 7.50. The quantitative estimate of drug-likeness (QED) is 0.901. The minimum atomic E-state index is 0.784. The molecule has 1 saturated carbocycles. The molecule has 3 rings (SSSR count). The fourth-order valence-electron chi connectivity index (χ4n) is 3.35. The minimum absolute atomic E-state index is 0.784. The maximum atomic E-state index is 4.86. The van der Waals surface area contributed by atoms with Crippen LogP contribution >= 0.6 is 11.3 Å². The molecule has 1 aliphatic carbocycles. The molecule has 0 spiro atoms. The third-order valence-electron chi connectivity index (χ3n) is 4.49. The van der Waals surface area contributed by atoms with E-state index < -0.39 is 0 Å². The molecular formula is C15H24N2S. The first-order valence-corrected chi connectivity index (χ1v) is 8.31. The van der Waals surface area contributed by atoms with Crippen molar-refractivity contribution < 1.29 is 0 Å². The van der Waals surface area contributed by atoms with Crippen molar-refractivity contribution in [2.24, 2.45) is 5.92 Å². The van der Waals surface area contributed by atoms with Gasteiger partial charge < -0.3 is 5.32 Å². The maximum absolute atomic E-state index is 4.86. The molecule has 1 aromatic heterocycles. The van der Waals surface area contributed by atoms with Gasteiger partial charge in [0.1, 0.15) is 0 Å². The van der Waals surface area contributed by atoms with E-state index in [1.807, 2.05) is 11.3 Å². The second-order valence-electron chi connectivity index (χ2n) is 5.96. The first kappa shape index (κ1) is 12.6. The van der Waals surface area contributed by atoms with Gasteiger partial charge in [-0.05, 0) is 58.0 Å². The number of piperidine rings is 1. The Labute approximate surface area is 114 Å². The van der Waals surface area contributed by atoms with Crippen molar-refractivity contribution in [1.29, 1.82) is 0 Å². The average Bonchev–Trinajstić information content (AvgIpc) is 3.01. The van der Waals surface area contributed by atoms with Crippen LogP contribution in [0, 0.1) is 12.8 Å². The minimum Gasteiger partial charge on any atom is -0.316 e. The van der Waals surface area contributed by atoms with E-state index in [1.165, 1.54) is 68.7 Å². The van der Waals surface area contributed by atoms with E-state index in [1.54, 1.807) is 4.88 Å². The predicted molar refractivity (Wildman–Crippen MR) is 77.4 cm³/mol. The van der Waals surface area contributed by atoms with E-state index in [4.69, 9.17) is 4.98 Å². The van der Waals surface area contributed by atoms with Gasteiger partial charge in [-0.1, -0.05) is 12.8 Å². The third kappa shape index (κ3) is 2.77. The molecule has 1 unspecified atom stereocenters. The molecule has 1 N–H and O–H groups in total. The monoisotopic (exact) mass is 264 g/mol. The summed E-state index contributed by atoms with van der Waals surface area (Å²) in [7, 11) is 0. The number of hydrogen-bond acceptors (Lipinski definition) is 3. The molecule has 1 aromatic rings. The summed E-state index contributed by atoms with van der Waals surface area (Å²) >= 11 is 2.01. The van der Waals surface area contributed by atoms with Crippen molar-refractivity contribution in [3.05, 3.63) is 15.6 Å². The molecule has 2 heterocycles. The van der Waals surface area contributed by atoms with E-state index in [-0.39, 0.29) is 0 Å². The Balaban J connectivity index is 1.67. The van der Waals surface area contributed by atoms with Gasteiger partial charge in [-0.2, -0.15) is 0 Å². The van der Waals surface area contributed by atoms with Gasteiger partial charge in [0.25, 0.3) is 0 Å². The van der Waals surface area contributed by atoms with Crippen molar-refractivity contribution in [2.45, 2.75) is 57.8 Å².